The molecule has 1 aromatic rings. The summed E-state index contributed by atoms with van der Waals surface area (Å²) in [7, 11) is 0. The fourth-order valence-electron chi connectivity index (χ4n) is 3.27. The number of hydrogen-bond acceptors (Lipinski definition) is 4. The summed E-state index contributed by atoms with van der Waals surface area (Å²) in [6.07, 6.45) is 7.46. The van der Waals surface area contributed by atoms with E-state index >= 15 is 0 Å². The predicted octanol–water partition coefficient (Wildman–Crippen LogP) is 1.93. The van der Waals surface area contributed by atoms with Crippen molar-refractivity contribution in [2.24, 2.45) is 0 Å². The molecule has 1 aromatic heterocycles. The van der Waals surface area contributed by atoms with Crippen molar-refractivity contribution in [3.8, 4) is 0 Å². The minimum Gasteiger partial charge on any atom is -0.373 e. The zero-order chi connectivity index (χ0) is 15.4. The number of aromatic nitrogens is 1. The first-order chi connectivity index (χ1) is 10.8. The standard InChI is InChI=1S/C17H22N2O3/c1-2-4-16(20)19-11-15(17-14(19)5-3-10-21-17)22-12-13-6-8-18-9-7-13/h2,6-9,14-15,17H,1,3-5,10-12H2/t14-,15+,17+/m1/s1. The predicted molar refractivity (Wildman–Crippen MR) is 82.1 cm³/mol. The Kier molecular flexibility index (Phi) is 4.85. The molecule has 0 radical (unpaired) electrons. The molecule has 1 amide bonds. The van der Waals surface area contributed by atoms with Crippen LogP contribution >= 0.6 is 0 Å². The first kappa shape index (κ1) is 15.2. The van der Waals surface area contributed by atoms with Gasteiger partial charge in [-0.1, -0.05) is 6.08 Å². The van der Waals surface area contributed by atoms with E-state index in [2.05, 4.69) is 11.6 Å². The largest absolute Gasteiger partial charge is 0.373 e. The number of ether oxygens (including phenoxy) is 2. The lowest BCUT2D eigenvalue weighted by atomic mass is 10.0. The van der Waals surface area contributed by atoms with Gasteiger partial charge in [0.2, 0.25) is 5.91 Å². The van der Waals surface area contributed by atoms with Crippen LogP contribution in [0.5, 0.6) is 0 Å². The number of nitrogens with zero attached hydrogens (tertiary/aromatic N) is 2. The molecule has 22 heavy (non-hydrogen) atoms. The number of fused-ring (bicyclic) bond motifs is 1. The van der Waals surface area contributed by atoms with E-state index in [9.17, 15) is 4.79 Å². The van der Waals surface area contributed by atoms with Crippen molar-refractivity contribution in [1.29, 1.82) is 0 Å². The zero-order valence-corrected chi connectivity index (χ0v) is 12.7. The smallest absolute Gasteiger partial charge is 0.226 e. The summed E-state index contributed by atoms with van der Waals surface area (Å²) in [6.45, 7) is 5.53. The molecule has 3 heterocycles. The highest BCUT2D eigenvalue weighted by molar-refractivity contribution is 5.78. The van der Waals surface area contributed by atoms with E-state index in [-0.39, 0.29) is 24.2 Å². The monoisotopic (exact) mass is 302 g/mol. The van der Waals surface area contributed by atoms with Gasteiger partial charge in [-0.15, -0.1) is 6.58 Å². The molecule has 0 aliphatic carbocycles. The van der Waals surface area contributed by atoms with Crippen LogP contribution in [0.4, 0.5) is 0 Å². The van der Waals surface area contributed by atoms with Crippen LogP contribution in [0.3, 0.4) is 0 Å². The molecule has 0 bridgehead atoms. The van der Waals surface area contributed by atoms with E-state index in [1.54, 1.807) is 18.5 Å². The second-order valence-corrected chi connectivity index (χ2v) is 5.79. The molecule has 2 saturated heterocycles. The first-order valence-electron chi connectivity index (χ1n) is 7.82. The summed E-state index contributed by atoms with van der Waals surface area (Å²) >= 11 is 0. The maximum Gasteiger partial charge on any atom is 0.226 e. The third-order valence-corrected chi connectivity index (χ3v) is 4.33. The number of rotatable bonds is 5. The normalized spacial score (nSPS) is 27.5. The minimum absolute atomic E-state index is 0.00986. The van der Waals surface area contributed by atoms with Crippen LogP contribution in [-0.2, 0) is 20.9 Å². The van der Waals surface area contributed by atoms with Gasteiger partial charge in [0.15, 0.2) is 0 Å². The van der Waals surface area contributed by atoms with Crippen molar-refractivity contribution >= 4 is 5.91 Å². The maximum atomic E-state index is 12.3. The van der Waals surface area contributed by atoms with Crippen LogP contribution in [0.2, 0.25) is 0 Å². The van der Waals surface area contributed by atoms with E-state index in [0.717, 1.165) is 25.0 Å². The van der Waals surface area contributed by atoms with Gasteiger partial charge in [0.05, 0.1) is 12.6 Å². The quantitative estimate of drug-likeness (QED) is 0.780. The average molecular weight is 302 g/mol. The summed E-state index contributed by atoms with van der Waals surface area (Å²) in [6, 6.07) is 4.02. The molecule has 3 rings (SSSR count). The Morgan fingerprint density at radius 3 is 3.09 bits per heavy atom. The number of hydrogen-bond donors (Lipinski definition) is 0. The summed E-state index contributed by atoms with van der Waals surface area (Å²) < 4.78 is 11.9. The van der Waals surface area contributed by atoms with Crippen molar-refractivity contribution in [3.05, 3.63) is 42.7 Å². The first-order valence-corrected chi connectivity index (χ1v) is 7.82. The van der Waals surface area contributed by atoms with Gasteiger partial charge < -0.3 is 14.4 Å². The van der Waals surface area contributed by atoms with Gasteiger partial charge in [-0.05, 0) is 30.5 Å². The molecule has 5 heteroatoms. The average Bonchev–Trinajstić information content (AvgIpc) is 2.93. The highest BCUT2D eigenvalue weighted by Gasteiger charge is 2.46. The molecule has 0 N–H and O–H groups in total. The zero-order valence-electron chi connectivity index (χ0n) is 12.7. The number of carbonyl (C=O) groups is 1. The molecule has 0 aromatic carbocycles. The Morgan fingerprint density at radius 2 is 2.32 bits per heavy atom. The summed E-state index contributed by atoms with van der Waals surface area (Å²) in [5, 5.41) is 0. The van der Waals surface area contributed by atoms with Gasteiger partial charge in [-0.25, -0.2) is 0 Å². The Labute approximate surface area is 130 Å². The number of amides is 1. The van der Waals surface area contributed by atoms with Gasteiger partial charge >= 0.3 is 0 Å². The molecule has 118 valence electrons. The van der Waals surface area contributed by atoms with Crippen LogP contribution < -0.4 is 0 Å². The molecular formula is C17H22N2O3. The van der Waals surface area contributed by atoms with Gasteiger partial charge in [-0.3, -0.25) is 9.78 Å². The Morgan fingerprint density at radius 1 is 1.50 bits per heavy atom. The molecule has 0 unspecified atom stereocenters. The summed E-state index contributed by atoms with van der Waals surface area (Å²) in [5.74, 6) is 0.116. The van der Waals surface area contributed by atoms with Crippen molar-refractivity contribution in [2.45, 2.75) is 44.1 Å². The molecule has 5 nitrogen and oxygen atoms in total. The van der Waals surface area contributed by atoms with Crippen LogP contribution in [0.15, 0.2) is 37.2 Å². The molecule has 0 spiro atoms. The molecule has 0 saturated carbocycles. The summed E-state index contributed by atoms with van der Waals surface area (Å²) in [5.41, 5.74) is 1.08. The van der Waals surface area contributed by atoms with Gasteiger partial charge in [-0.2, -0.15) is 0 Å². The van der Waals surface area contributed by atoms with E-state index in [1.807, 2.05) is 17.0 Å². The summed E-state index contributed by atoms with van der Waals surface area (Å²) in [4.78, 5) is 18.2. The number of pyridine rings is 1. The maximum absolute atomic E-state index is 12.3. The van der Waals surface area contributed by atoms with Crippen LogP contribution in [-0.4, -0.2) is 47.2 Å². The third-order valence-electron chi connectivity index (χ3n) is 4.33. The number of likely N-dealkylation sites (tertiary alicyclic amines) is 1. The van der Waals surface area contributed by atoms with Gasteiger partial charge in [0, 0.05) is 32.0 Å². The van der Waals surface area contributed by atoms with E-state index < -0.39 is 0 Å². The van der Waals surface area contributed by atoms with Crippen molar-refractivity contribution < 1.29 is 14.3 Å². The fourth-order valence-corrected chi connectivity index (χ4v) is 3.27. The lowest BCUT2D eigenvalue weighted by molar-refractivity contribution is -0.133. The minimum atomic E-state index is -0.0627. The molecule has 2 fully saturated rings. The topological polar surface area (TPSA) is 51.7 Å². The van der Waals surface area contributed by atoms with Crippen LogP contribution in [0, 0.1) is 0 Å². The molecule has 2 aliphatic rings. The van der Waals surface area contributed by atoms with Crippen LogP contribution in [0.1, 0.15) is 24.8 Å². The van der Waals surface area contributed by atoms with Gasteiger partial charge in [0.1, 0.15) is 12.2 Å². The van der Waals surface area contributed by atoms with Gasteiger partial charge in [0.25, 0.3) is 0 Å². The second kappa shape index (κ2) is 7.03. The number of carbonyl (C=O) groups excluding carboxylic acids is 1. The van der Waals surface area contributed by atoms with E-state index in [1.165, 1.54) is 0 Å². The lowest BCUT2D eigenvalue weighted by Gasteiger charge is -2.32. The molecule has 2 aliphatic heterocycles. The fraction of sp³-hybridized carbons (Fsp3) is 0.529. The Balaban J connectivity index is 1.66. The SMILES string of the molecule is C=CCC(=O)N1C[C@H](OCc2ccncc2)[C@H]2OCCC[C@H]21. The van der Waals surface area contributed by atoms with Crippen molar-refractivity contribution in [1.82, 2.24) is 9.88 Å². The third kappa shape index (κ3) is 3.20. The van der Waals surface area contributed by atoms with Crippen LogP contribution in [0.25, 0.3) is 0 Å². The highest BCUT2D eigenvalue weighted by Crippen LogP contribution is 2.31. The molecule has 3 atom stereocenters. The van der Waals surface area contributed by atoms with E-state index in [4.69, 9.17) is 9.47 Å². The molecular weight excluding hydrogens is 280 g/mol. The highest BCUT2D eigenvalue weighted by atomic mass is 16.5. The second-order valence-electron chi connectivity index (χ2n) is 5.79. The van der Waals surface area contributed by atoms with Crippen molar-refractivity contribution in [2.75, 3.05) is 13.2 Å². The van der Waals surface area contributed by atoms with Crippen molar-refractivity contribution in [3.63, 3.8) is 0 Å². The lowest BCUT2D eigenvalue weighted by Crippen LogP contribution is -2.43. The van der Waals surface area contributed by atoms with E-state index in [0.29, 0.717) is 19.6 Å². The Hall–Kier alpha value is -1.72. The Bertz CT molecular complexity index is 520.